The molecule has 0 aliphatic heterocycles. The Balaban J connectivity index is 1.59. The summed E-state index contributed by atoms with van der Waals surface area (Å²) in [7, 11) is 0. The summed E-state index contributed by atoms with van der Waals surface area (Å²) in [5.74, 6) is 0. The smallest absolute Gasteiger partial charge is 0.108 e. The van der Waals surface area contributed by atoms with Crippen molar-refractivity contribution in [3.63, 3.8) is 0 Å². The second kappa shape index (κ2) is 6.72. The lowest BCUT2D eigenvalue weighted by Gasteiger charge is -2.09. The number of anilines is 1. The molecule has 0 saturated heterocycles. The van der Waals surface area contributed by atoms with Crippen LogP contribution in [-0.2, 0) is 13.2 Å². The Kier molecular flexibility index (Phi) is 4.50. The van der Waals surface area contributed by atoms with Gasteiger partial charge in [-0.3, -0.25) is 9.67 Å². The molecule has 0 saturated carbocycles. The summed E-state index contributed by atoms with van der Waals surface area (Å²) in [4.78, 5) is 4.32. The van der Waals surface area contributed by atoms with Gasteiger partial charge in [0, 0.05) is 35.4 Å². The highest BCUT2D eigenvalue weighted by atomic mass is 35.5. The molecule has 2 aromatic heterocycles. The molecule has 7 heteroatoms. The summed E-state index contributed by atoms with van der Waals surface area (Å²) < 4.78 is 1.73. The monoisotopic (exact) mass is 317 g/mol. The Bertz CT molecular complexity index is 773. The molecular formula is C15H16ClN5O. The first-order chi connectivity index (χ1) is 10.8. The molecule has 1 aromatic carbocycles. The fourth-order valence-electron chi connectivity index (χ4n) is 2.26. The number of aromatic nitrogens is 4. The quantitative estimate of drug-likeness (QED) is 0.683. The number of fused-ring (bicyclic) bond motifs is 1. The molecule has 0 amide bonds. The number of nitrogens with zero attached hydrogens (tertiary/aromatic N) is 4. The highest BCUT2D eigenvalue weighted by molar-refractivity contribution is 6.31. The van der Waals surface area contributed by atoms with E-state index in [0.717, 1.165) is 36.1 Å². The van der Waals surface area contributed by atoms with Crippen LogP contribution in [0.1, 0.15) is 12.1 Å². The van der Waals surface area contributed by atoms with E-state index in [-0.39, 0.29) is 6.61 Å². The lowest BCUT2D eigenvalue weighted by Crippen LogP contribution is -2.07. The molecule has 2 N–H and O–H groups in total. The predicted octanol–water partition coefficient (Wildman–Crippen LogP) is 2.47. The molecule has 0 fully saturated rings. The van der Waals surface area contributed by atoms with Crippen LogP contribution < -0.4 is 5.32 Å². The molecule has 22 heavy (non-hydrogen) atoms. The predicted molar refractivity (Wildman–Crippen MR) is 85.8 cm³/mol. The van der Waals surface area contributed by atoms with Gasteiger partial charge in [-0.2, -0.15) is 0 Å². The standard InChI is InChI=1S/C15H16ClN5O/c16-11-2-3-13-14(4-6-18-15(13)8-11)17-5-1-7-21-9-12(10-22)19-20-21/h2-4,6,8-9,22H,1,5,7,10H2,(H,17,18). The minimum absolute atomic E-state index is 0.0795. The fourth-order valence-corrected chi connectivity index (χ4v) is 2.43. The van der Waals surface area contributed by atoms with Gasteiger partial charge >= 0.3 is 0 Å². The van der Waals surface area contributed by atoms with E-state index >= 15 is 0 Å². The number of aliphatic hydroxyl groups is 1. The van der Waals surface area contributed by atoms with Crippen molar-refractivity contribution in [2.24, 2.45) is 0 Å². The number of hydrogen-bond donors (Lipinski definition) is 2. The summed E-state index contributed by atoms with van der Waals surface area (Å²) in [6.45, 7) is 1.47. The summed E-state index contributed by atoms with van der Waals surface area (Å²) in [6, 6.07) is 7.64. The highest BCUT2D eigenvalue weighted by Crippen LogP contribution is 2.24. The normalized spacial score (nSPS) is 11.0. The van der Waals surface area contributed by atoms with E-state index in [1.165, 1.54) is 0 Å². The number of hydrogen-bond acceptors (Lipinski definition) is 5. The van der Waals surface area contributed by atoms with Crippen molar-refractivity contribution in [1.82, 2.24) is 20.0 Å². The third-order valence-corrected chi connectivity index (χ3v) is 3.57. The lowest BCUT2D eigenvalue weighted by molar-refractivity contribution is 0.276. The lowest BCUT2D eigenvalue weighted by atomic mass is 10.2. The molecule has 0 unspecified atom stereocenters. The summed E-state index contributed by atoms with van der Waals surface area (Å²) in [6.07, 6.45) is 4.42. The van der Waals surface area contributed by atoms with Gasteiger partial charge in [0.1, 0.15) is 5.69 Å². The maximum absolute atomic E-state index is 8.95. The minimum atomic E-state index is -0.0795. The van der Waals surface area contributed by atoms with Crippen molar-refractivity contribution in [3.05, 3.63) is 47.4 Å². The van der Waals surface area contributed by atoms with Crippen LogP contribution in [-0.4, -0.2) is 31.6 Å². The van der Waals surface area contributed by atoms with Gasteiger partial charge in [0.25, 0.3) is 0 Å². The van der Waals surface area contributed by atoms with Crippen LogP contribution in [0.3, 0.4) is 0 Å². The maximum atomic E-state index is 8.95. The van der Waals surface area contributed by atoms with Gasteiger partial charge in [-0.25, -0.2) is 0 Å². The van der Waals surface area contributed by atoms with Crippen LogP contribution in [0.4, 0.5) is 5.69 Å². The topological polar surface area (TPSA) is 75.9 Å². The van der Waals surface area contributed by atoms with Crippen LogP contribution >= 0.6 is 11.6 Å². The SMILES string of the molecule is OCc1cn(CCCNc2ccnc3cc(Cl)ccc23)nn1. The van der Waals surface area contributed by atoms with Crippen LogP contribution in [0, 0.1) is 0 Å². The third kappa shape index (κ3) is 3.35. The van der Waals surface area contributed by atoms with Gasteiger partial charge in [-0.05, 0) is 30.7 Å². The second-order valence-electron chi connectivity index (χ2n) is 4.93. The Labute approximate surface area is 132 Å². The third-order valence-electron chi connectivity index (χ3n) is 3.33. The molecule has 0 bridgehead atoms. The Hall–Kier alpha value is -2.18. The molecule has 3 rings (SSSR count). The zero-order valence-corrected chi connectivity index (χ0v) is 12.7. The average Bonchev–Trinajstić information content (AvgIpc) is 2.99. The van der Waals surface area contributed by atoms with E-state index in [2.05, 4.69) is 20.6 Å². The number of halogens is 1. The number of rotatable bonds is 6. The van der Waals surface area contributed by atoms with Gasteiger partial charge in [-0.1, -0.05) is 16.8 Å². The number of benzene rings is 1. The first-order valence-electron chi connectivity index (χ1n) is 7.04. The summed E-state index contributed by atoms with van der Waals surface area (Å²) in [5.41, 5.74) is 2.50. The summed E-state index contributed by atoms with van der Waals surface area (Å²) >= 11 is 5.99. The molecule has 6 nitrogen and oxygen atoms in total. The number of aliphatic hydroxyl groups excluding tert-OH is 1. The Morgan fingerprint density at radius 2 is 2.18 bits per heavy atom. The first-order valence-corrected chi connectivity index (χ1v) is 7.42. The van der Waals surface area contributed by atoms with E-state index in [0.29, 0.717) is 10.7 Å². The van der Waals surface area contributed by atoms with Gasteiger partial charge in [0.15, 0.2) is 0 Å². The molecule has 0 atom stereocenters. The molecule has 2 heterocycles. The molecule has 0 aliphatic carbocycles. The van der Waals surface area contributed by atoms with E-state index in [1.807, 2.05) is 24.3 Å². The van der Waals surface area contributed by atoms with E-state index < -0.39 is 0 Å². The Morgan fingerprint density at radius 1 is 1.27 bits per heavy atom. The van der Waals surface area contributed by atoms with Crippen molar-refractivity contribution in [2.75, 3.05) is 11.9 Å². The summed E-state index contributed by atoms with van der Waals surface area (Å²) in [5, 5.41) is 21.9. The van der Waals surface area contributed by atoms with Crippen molar-refractivity contribution in [3.8, 4) is 0 Å². The van der Waals surface area contributed by atoms with Crippen LogP contribution in [0.25, 0.3) is 10.9 Å². The molecule has 114 valence electrons. The molecular weight excluding hydrogens is 302 g/mol. The van der Waals surface area contributed by atoms with E-state index in [9.17, 15) is 0 Å². The number of pyridine rings is 1. The molecule has 3 aromatic rings. The number of nitrogens with one attached hydrogen (secondary N) is 1. The van der Waals surface area contributed by atoms with Crippen LogP contribution in [0.5, 0.6) is 0 Å². The molecule has 0 aliphatic rings. The molecule has 0 radical (unpaired) electrons. The van der Waals surface area contributed by atoms with Crippen LogP contribution in [0.15, 0.2) is 36.7 Å². The first kappa shape index (κ1) is 14.7. The maximum Gasteiger partial charge on any atom is 0.108 e. The fraction of sp³-hybridized carbons (Fsp3) is 0.267. The van der Waals surface area contributed by atoms with Crippen molar-refractivity contribution < 1.29 is 5.11 Å². The van der Waals surface area contributed by atoms with Gasteiger partial charge in [0.05, 0.1) is 18.3 Å². The van der Waals surface area contributed by atoms with Crippen molar-refractivity contribution >= 4 is 28.2 Å². The van der Waals surface area contributed by atoms with Crippen molar-refractivity contribution in [1.29, 1.82) is 0 Å². The van der Waals surface area contributed by atoms with Gasteiger partial charge < -0.3 is 10.4 Å². The van der Waals surface area contributed by atoms with Crippen molar-refractivity contribution in [2.45, 2.75) is 19.6 Å². The minimum Gasteiger partial charge on any atom is -0.390 e. The Morgan fingerprint density at radius 3 is 3.00 bits per heavy atom. The van der Waals surface area contributed by atoms with Crippen LogP contribution in [0.2, 0.25) is 5.02 Å². The van der Waals surface area contributed by atoms with Gasteiger partial charge in [-0.15, -0.1) is 5.10 Å². The highest BCUT2D eigenvalue weighted by Gasteiger charge is 2.03. The average molecular weight is 318 g/mol. The van der Waals surface area contributed by atoms with E-state index in [4.69, 9.17) is 16.7 Å². The largest absolute Gasteiger partial charge is 0.390 e. The zero-order chi connectivity index (χ0) is 15.4. The molecule has 0 spiro atoms. The zero-order valence-electron chi connectivity index (χ0n) is 11.9. The number of aryl methyl sites for hydroxylation is 1. The van der Waals surface area contributed by atoms with Gasteiger partial charge in [0.2, 0.25) is 0 Å². The van der Waals surface area contributed by atoms with E-state index in [1.54, 1.807) is 17.1 Å². The second-order valence-corrected chi connectivity index (χ2v) is 5.37.